The Balaban J connectivity index is 1.19. The summed E-state index contributed by atoms with van der Waals surface area (Å²) in [7, 11) is -2.98. The second kappa shape index (κ2) is 22.8. The van der Waals surface area contributed by atoms with Gasteiger partial charge in [0.2, 0.25) is 0 Å². The van der Waals surface area contributed by atoms with Crippen LogP contribution in [0.4, 0.5) is 10.2 Å². The summed E-state index contributed by atoms with van der Waals surface area (Å²) in [5, 5.41) is 14.0. The van der Waals surface area contributed by atoms with Crippen molar-refractivity contribution in [2.75, 3.05) is 26.0 Å². The van der Waals surface area contributed by atoms with Gasteiger partial charge in [0, 0.05) is 13.3 Å². The highest BCUT2D eigenvalue weighted by Crippen LogP contribution is 2.55. The van der Waals surface area contributed by atoms with Crippen molar-refractivity contribution in [2.24, 2.45) is 4.99 Å². The third kappa shape index (κ3) is 13.1. The summed E-state index contributed by atoms with van der Waals surface area (Å²) in [5.74, 6) is -1.21. The molecule has 17 heteroatoms. The molecule has 63 heavy (non-hydrogen) atoms. The van der Waals surface area contributed by atoms with Gasteiger partial charge in [-0.15, -0.1) is 0 Å². The van der Waals surface area contributed by atoms with Crippen molar-refractivity contribution in [3.63, 3.8) is 0 Å². The van der Waals surface area contributed by atoms with Crippen LogP contribution in [0.1, 0.15) is 127 Å². The van der Waals surface area contributed by atoms with Gasteiger partial charge in [-0.25, -0.2) is 18.5 Å². The first-order chi connectivity index (χ1) is 30.4. The molecule has 4 aromatic rings. The minimum absolute atomic E-state index is 0.0122. The van der Waals surface area contributed by atoms with Crippen LogP contribution in [0.25, 0.3) is 5.52 Å². The maximum atomic E-state index is 15.0. The molecule has 2 aromatic heterocycles. The highest BCUT2D eigenvalue weighted by atomic mass is 35.5. The van der Waals surface area contributed by atoms with Crippen molar-refractivity contribution >= 4 is 37.0 Å². The Morgan fingerprint density at radius 3 is 2.41 bits per heavy atom. The molecule has 6 atom stereocenters. The van der Waals surface area contributed by atoms with E-state index in [2.05, 4.69) is 22.0 Å². The molecule has 4 heterocycles. The average Bonchev–Trinajstić information content (AvgIpc) is 3.92. The van der Waals surface area contributed by atoms with E-state index in [9.17, 15) is 14.2 Å². The highest BCUT2D eigenvalue weighted by molar-refractivity contribution is 7.49. The first-order valence-electron chi connectivity index (χ1n) is 22.1. The van der Waals surface area contributed by atoms with Crippen LogP contribution < -0.4 is 10.3 Å². The van der Waals surface area contributed by atoms with Gasteiger partial charge in [0.25, 0.3) is 0 Å². The largest absolute Gasteiger partial charge is 0.530 e. The van der Waals surface area contributed by atoms with Gasteiger partial charge in [-0.3, -0.25) is 14.0 Å². The SMILES string of the molecule is CCCCCCCCCCCCCC[C@@H](COP(=O)(OC[C@@]1(/C=N\C)O[C@@H](c2ccc3c(N)ncnn23)[C@@H]2OC(C)(C)O[C@@H]21)Oc1ccccc1Cl)OCc1cc(F)cc(C#N)c1. The Bertz CT molecular complexity index is 2220. The van der Waals surface area contributed by atoms with Crippen molar-refractivity contribution < 1.29 is 41.5 Å². The molecule has 342 valence electrons. The van der Waals surface area contributed by atoms with Crippen molar-refractivity contribution in [3.8, 4) is 11.8 Å². The molecule has 0 radical (unpaired) electrons. The summed E-state index contributed by atoms with van der Waals surface area (Å²) in [4.78, 5) is 8.45. The second-order valence-corrected chi connectivity index (χ2v) is 18.7. The number of anilines is 1. The zero-order valence-corrected chi connectivity index (χ0v) is 38.4. The van der Waals surface area contributed by atoms with Crippen molar-refractivity contribution in [3.05, 3.63) is 88.6 Å². The van der Waals surface area contributed by atoms with E-state index < -0.39 is 56.1 Å². The fourth-order valence-electron chi connectivity index (χ4n) is 8.18. The summed E-state index contributed by atoms with van der Waals surface area (Å²) in [5.41, 5.74) is 6.56. The fraction of sp³-hybridized carbons (Fsp3) is 0.565. The normalized spacial score (nSPS) is 22.0. The number of hydrogen-bond donors (Lipinski definition) is 1. The molecule has 2 fully saturated rings. The lowest BCUT2D eigenvalue weighted by atomic mass is 9.96. The van der Waals surface area contributed by atoms with Crippen LogP contribution >= 0.6 is 19.4 Å². The molecule has 2 saturated heterocycles. The third-order valence-corrected chi connectivity index (χ3v) is 12.9. The van der Waals surface area contributed by atoms with Crippen LogP contribution in [-0.4, -0.2) is 70.8 Å². The molecule has 6 rings (SSSR count). The monoisotopic (exact) mass is 910 g/mol. The van der Waals surface area contributed by atoms with Gasteiger partial charge < -0.3 is 29.2 Å². The predicted octanol–water partition coefficient (Wildman–Crippen LogP) is 10.9. The Kier molecular flexibility index (Phi) is 17.5. The number of nitriles is 1. The Morgan fingerprint density at radius 2 is 1.71 bits per heavy atom. The van der Waals surface area contributed by atoms with E-state index in [4.69, 9.17) is 49.9 Å². The van der Waals surface area contributed by atoms with Gasteiger partial charge in [0.05, 0.1) is 48.3 Å². The van der Waals surface area contributed by atoms with E-state index in [-0.39, 0.29) is 35.4 Å². The van der Waals surface area contributed by atoms with Gasteiger partial charge in [0.1, 0.15) is 41.7 Å². The summed E-state index contributed by atoms with van der Waals surface area (Å²) in [6, 6.07) is 16.2. The van der Waals surface area contributed by atoms with Crippen molar-refractivity contribution in [1.29, 1.82) is 5.26 Å². The lowest BCUT2D eigenvalue weighted by Crippen LogP contribution is -2.48. The number of nitrogen functional groups attached to an aromatic ring is 1. The van der Waals surface area contributed by atoms with E-state index in [0.29, 0.717) is 23.2 Å². The quantitative estimate of drug-likeness (QED) is 0.0359. The predicted molar refractivity (Wildman–Crippen MR) is 239 cm³/mol. The third-order valence-electron chi connectivity index (χ3n) is 11.3. The molecule has 1 unspecified atom stereocenters. The lowest BCUT2D eigenvalue weighted by Gasteiger charge is -2.32. The number of nitrogens with two attached hydrogens (primary N) is 1. The maximum Gasteiger partial charge on any atom is 0.530 e. The van der Waals surface area contributed by atoms with E-state index >= 15 is 0 Å². The topological polar surface area (TPSA) is 174 Å². The molecule has 2 aliphatic heterocycles. The number of hydrogen-bond acceptors (Lipinski definition) is 13. The number of ether oxygens (including phenoxy) is 4. The maximum absolute atomic E-state index is 15.0. The zero-order chi connectivity index (χ0) is 44.9. The Morgan fingerprint density at radius 1 is 1.00 bits per heavy atom. The van der Waals surface area contributed by atoms with Crippen LogP contribution in [0.3, 0.4) is 0 Å². The van der Waals surface area contributed by atoms with Crippen LogP contribution in [0.15, 0.2) is 65.9 Å². The molecule has 2 aliphatic rings. The van der Waals surface area contributed by atoms with Gasteiger partial charge in [-0.05, 0) is 68.3 Å². The molecule has 0 aliphatic carbocycles. The first kappa shape index (κ1) is 48.5. The van der Waals surface area contributed by atoms with E-state index in [1.165, 1.54) is 69.8 Å². The van der Waals surface area contributed by atoms with Gasteiger partial charge in [0.15, 0.2) is 17.2 Å². The molecule has 2 aromatic carbocycles. The molecule has 14 nitrogen and oxygen atoms in total. The van der Waals surface area contributed by atoms with Crippen LogP contribution in [0.2, 0.25) is 5.02 Å². The second-order valence-electron chi connectivity index (χ2n) is 16.7. The number of unbranched alkanes of at least 4 members (excludes halogenated alkanes) is 11. The minimum Gasteiger partial charge on any atom is -0.402 e. The molecule has 0 saturated carbocycles. The molecule has 0 spiro atoms. The smallest absolute Gasteiger partial charge is 0.402 e. The minimum atomic E-state index is -4.57. The van der Waals surface area contributed by atoms with Crippen molar-refractivity contribution in [2.45, 2.75) is 147 Å². The number of halogens is 2. The first-order valence-corrected chi connectivity index (χ1v) is 23.9. The standard InChI is InChI=1S/C46H61ClFN6O8P/c1-5-6-7-8-9-10-11-12-13-14-15-16-19-36(56-28-34-24-33(27-49)25-35(48)26-34)29-57-63(55,62-40-21-18-17-20-37(40)47)58-31-46(30-51-4)43-42(59-45(2,3)61-43)41(60-46)38-22-23-39-44(50)52-32-53-54(38)39/h17-18,20-26,30,32,36,41-43H,5-16,19,28-29,31H2,1-4H3,(H2,50,52,53)/b51-30-/t36-,41-,42-,43-,46+,63?/m0/s1. The van der Waals surface area contributed by atoms with Crippen molar-refractivity contribution in [1.82, 2.24) is 14.6 Å². The zero-order valence-electron chi connectivity index (χ0n) is 36.8. The summed E-state index contributed by atoms with van der Waals surface area (Å²) >= 11 is 6.52. The number of phosphoric ester groups is 1. The number of para-hydroxylation sites is 1. The molecule has 0 bridgehead atoms. The van der Waals surface area contributed by atoms with Gasteiger partial charge >= 0.3 is 7.82 Å². The molecule has 2 N–H and O–H groups in total. The lowest BCUT2D eigenvalue weighted by molar-refractivity contribution is -0.201. The molecular formula is C46H61ClFN6O8P. The van der Waals surface area contributed by atoms with E-state index in [0.717, 1.165) is 25.7 Å². The number of phosphoric acid groups is 1. The van der Waals surface area contributed by atoms with E-state index in [1.807, 2.05) is 12.1 Å². The number of aromatic nitrogens is 3. The number of fused-ring (bicyclic) bond motifs is 2. The fourth-order valence-corrected chi connectivity index (χ4v) is 9.69. The number of aliphatic imine (C=N–C) groups is 1. The van der Waals surface area contributed by atoms with Crippen LogP contribution in [-0.2, 0) is 39.2 Å². The number of benzene rings is 2. The van der Waals surface area contributed by atoms with Gasteiger partial charge in [-0.2, -0.15) is 10.4 Å². The van der Waals surface area contributed by atoms with Crippen LogP contribution in [0.5, 0.6) is 5.75 Å². The Labute approximate surface area is 375 Å². The van der Waals surface area contributed by atoms with Crippen LogP contribution in [0, 0.1) is 17.1 Å². The Hall–Kier alpha value is -3.97. The van der Waals surface area contributed by atoms with Gasteiger partial charge in [-0.1, -0.05) is 108 Å². The highest BCUT2D eigenvalue weighted by Gasteiger charge is 2.64. The van der Waals surface area contributed by atoms with E-state index in [1.54, 1.807) is 68.0 Å². The molecular weight excluding hydrogens is 850 g/mol. The number of rotatable bonds is 26. The summed E-state index contributed by atoms with van der Waals surface area (Å²) in [6.45, 7) is 5.19. The molecule has 0 amide bonds. The average molecular weight is 911 g/mol. The summed E-state index contributed by atoms with van der Waals surface area (Å²) < 4.78 is 75.5. The number of nitrogens with zero attached hydrogens (tertiary/aromatic N) is 5. The summed E-state index contributed by atoms with van der Waals surface area (Å²) in [6.07, 6.45) is 14.8.